The smallest absolute Gasteiger partial charge is 0.150 e. The SMILES string of the molecule is CCS(=O)(=O)CCC(CNC(C)C)CC(C)C. The summed E-state index contributed by atoms with van der Waals surface area (Å²) in [7, 11) is -2.82. The van der Waals surface area contributed by atoms with E-state index in [1.165, 1.54) is 0 Å². The van der Waals surface area contributed by atoms with Gasteiger partial charge in [-0.05, 0) is 31.2 Å². The molecule has 0 aromatic rings. The van der Waals surface area contributed by atoms with Gasteiger partial charge in [-0.2, -0.15) is 0 Å². The number of nitrogens with one attached hydrogen (secondary N) is 1. The summed E-state index contributed by atoms with van der Waals surface area (Å²) in [5, 5.41) is 3.41. The molecule has 0 aromatic heterocycles. The molecule has 1 N–H and O–H groups in total. The first-order valence-corrected chi connectivity index (χ1v) is 8.52. The van der Waals surface area contributed by atoms with Crippen molar-refractivity contribution in [3.05, 3.63) is 0 Å². The second-order valence-electron chi connectivity index (χ2n) is 5.58. The van der Waals surface area contributed by atoms with Gasteiger partial charge in [-0.25, -0.2) is 8.42 Å². The van der Waals surface area contributed by atoms with E-state index in [-0.39, 0.29) is 5.75 Å². The molecule has 0 fully saturated rings. The summed E-state index contributed by atoms with van der Waals surface area (Å²) in [5.41, 5.74) is 0. The van der Waals surface area contributed by atoms with Crippen LogP contribution in [0.4, 0.5) is 0 Å². The molecule has 0 aliphatic rings. The highest BCUT2D eigenvalue weighted by Gasteiger charge is 2.15. The second kappa shape index (κ2) is 8.09. The number of rotatable bonds is 9. The minimum atomic E-state index is -2.82. The molecular weight excluding hydrogens is 234 g/mol. The van der Waals surface area contributed by atoms with E-state index in [0.717, 1.165) is 19.4 Å². The predicted molar refractivity (Wildman–Crippen MR) is 75.0 cm³/mol. The molecule has 0 aliphatic carbocycles. The van der Waals surface area contributed by atoms with Crippen molar-refractivity contribution in [2.75, 3.05) is 18.1 Å². The molecule has 0 rings (SSSR count). The third-order valence-electron chi connectivity index (χ3n) is 2.90. The van der Waals surface area contributed by atoms with Crippen molar-refractivity contribution in [3.8, 4) is 0 Å². The summed E-state index contributed by atoms with van der Waals surface area (Å²) in [6.07, 6.45) is 1.88. The van der Waals surface area contributed by atoms with Gasteiger partial charge in [0.2, 0.25) is 0 Å². The van der Waals surface area contributed by atoms with Gasteiger partial charge in [0.1, 0.15) is 9.84 Å². The molecule has 0 radical (unpaired) electrons. The van der Waals surface area contributed by atoms with Crippen LogP contribution in [0, 0.1) is 11.8 Å². The highest BCUT2D eigenvalue weighted by molar-refractivity contribution is 7.91. The Labute approximate surface area is 107 Å². The van der Waals surface area contributed by atoms with Crippen LogP contribution in [-0.2, 0) is 9.84 Å². The van der Waals surface area contributed by atoms with Gasteiger partial charge in [0.25, 0.3) is 0 Å². The maximum Gasteiger partial charge on any atom is 0.150 e. The maximum atomic E-state index is 11.5. The van der Waals surface area contributed by atoms with Gasteiger partial charge >= 0.3 is 0 Å². The van der Waals surface area contributed by atoms with Crippen molar-refractivity contribution in [3.63, 3.8) is 0 Å². The number of hydrogen-bond acceptors (Lipinski definition) is 3. The summed E-state index contributed by atoms with van der Waals surface area (Å²) >= 11 is 0. The van der Waals surface area contributed by atoms with Crippen LogP contribution in [0.5, 0.6) is 0 Å². The Morgan fingerprint density at radius 1 is 1.12 bits per heavy atom. The zero-order valence-electron chi connectivity index (χ0n) is 12.0. The van der Waals surface area contributed by atoms with Crippen LogP contribution in [0.3, 0.4) is 0 Å². The van der Waals surface area contributed by atoms with Crippen molar-refractivity contribution in [2.24, 2.45) is 11.8 Å². The van der Waals surface area contributed by atoms with Gasteiger partial charge < -0.3 is 5.32 Å². The Morgan fingerprint density at radius 3 is 2.12 bits per heavy atom. The predicted octanol–water partition coefficient (Wildman–Crippen LogP) is 2.47. The van der Waals surface area contributed by atoms with E-state index in [0.29, 0.717) is 23.6 Å². The van der Waals surface area contributed by atoms with Crippen molar-refractivity contribution >= 4 is 9.84 Å². The van der Waals surface area contributed by atoms with E-state index in [1.807, 2.05) is 0 Å². The normalized spacial score (nSPS) is 14.5. The first-order valence-electron chi connectivity index (χ1n) is 6.70. The van der Waals surface area contributed by atoms with E-state index in [2.05, 4.69) is 33.0 Å². The quantitative estimate of drug-likeness (QED) is 0.695. The van der Waals surface area contributed by atoms with Crippen molar-refractivity contribution in [1.29, 1.82) is 0 Å². The molecule has 104 valence electrons. The van der Waals surface area contributed by atoms with Crippen molar-refractivity contribution in [2.45, 2.75) is 53.5 Å². The molecule has 0 amide bonds. The average Bonchev–Trinajstić information content (AvgIpc) is 2.21. The lowest BCUT2D eigenvalue weighted by molar-refractivity contribution is 0.366. The zero-order valence-corrected chi connectivity index (χ0v) is 12.8. The Bertz CT molecular complexity index is 284. The number of hydrogen-bond donors (Lipinski definition) is 1. The lowest BCUT2D eigenvalue weighted by Gasteiger charge is -2.21. The minimum Gasteiger partial charge on any atom is -0.314 e. The fraction of sp³-hybridized carbons (Fsp3) is 1.00. The third-order valence-corrected chi connectivity index (χ3v) is 4.63. The third kappa shape index (κ3) is 9.60. The van der Waals surface area contributed by atoms with Gasteiger partial charge in [0, 0.05) is 11.8 Å². The number of sulfone groups is 1. The van der Waals surface area contributed by atoms with E-state index in [9.17, 15) is 8.42 Å². The van der Waals surface area contributed by atoms with Gasteiger partial charge in [-0.3, -0.25) is 0 Å². The molecule has 0 bridgehead atoms. The standard InChI is InChI=1S/C13H29NO2S/c1-6-17(15,16)8-7-13(9-11(2)3)10-14-12(4)5/h11-14H,6-10H2,1-5H3. The molecular formula is C13H29NO2S. The summed E-state index contributed by atoms with van der Waals surface area (Å²) < 4.78 is 23.0. The molecule has 0 aliphatic heterocycles. The van der Waals surface area contributed by atoms with Gasteiger partial charge in [0.05, 0.1) is 5.75 Å². The highest BCUT2D eigenvalue weighted by Crippen LogP contribution is 2.16. The molecule has 0 spiro atoms. The topological polar surface area (TPSA) is 46.2 Å². The molecule has 4 heteroatoms. The van der Waals surface area contributed by atoms with E-state index in [1.54, 1.807) is 6.92 Å². The fourth-order valence-electron chi connectivity index (χ4n) is 1.86. The second-order valence-corrected chi connectivity index (χ2v) is 8.06. The van der Waals surface area contributed by atoms with Crippen molar-refractivity contribution < 1.29 is 8.42 Å². The van der Waals surface area contributed by atoms with Gasteiger partial charge in [-0.1, -0.05) is 34.6 Å². The molecule has 0 heterocycles. The molecule has 0 saturated carbocycles. The lowest BCUT2D eigenvalue weighted by atomic mass is 9.94. The summed E-state index contributed by atoms with van der Waals surface area (Å²) in [6.45, 7) is 11.3. The van der Waals surface area contributed by atoms with E-state index in [4.69, 9.17) is 0 Å². The van der Waals surface area contributed by atoms with Crippen LogP contribution in [0.15, 0.2) is 0 Å². The average molecular weight is 263 g/mol. The van der Waals surface area contributed by atoms with E-state index < -0.39 is 9.84 Å². The lowest BCUT2D eigenvalue weighted by Crippen LogP contribution is -2.30. The molecule has 1 unspecified atom stereocenters. The van der Waals surface area contributed by atoms with Crippen LogP contribution in [0.2, 0.25) is 0 Å². The monoisotopic (exact) mass is 263 g/mol. The Morgan fingerprint density at radius 2 is 1.71 bits per heavy atom. The maximum absolute atomic E-state index is 11.5. The van der Waals surface area contributed by atoms with Crippen LogP contribution in [0.25, 0.3) is 0 Å². The fourth-order valence-corrected chi connectivity index (χ4v) is 2.84. The minimum absolute atomic E-state index is 0.263. The van der Waals surface area contributed by atoms with Crippen LogP contribution >= 0.6 is 0 Å². The van der Waals surface area contributed by atoms with Gasteiger partial charge in [-0.15, -0.1) is 0 Å². The molecule has 3 nitrogen and oxygen atoms in total. The van der Waals surface area contributed by atoms with Crippen molar-refractivity contribution in [1.82, 2.24) is 5.32 Å². The first-order chi connectivity index (χ1) is 7.76. The zero-order chi connectivity index (χ0) is 13.5. The highest BCUT2D eigenvalue weighted by atomic mass is 32.2. The Hall–Kier alpha value is -0.0900. The Balaban J connectivity index is 4.19. The van der Waals surface area contributed by atoms with E-state index >= 15 is 0 Å². The van der Waals surface area contributed by atoms with Crippen LogP contribution in [0.1, 0.15) is 47.5 Å². The Kier molecular flexibility index (Phi) is 8.05. The molecule has 0 saturated heterocycles. The molecule has 0 aromatic carbocycles. The summed E-state index contributed by atoms with van der Waals surface area (Å²) in [5.74, 6) is 1.69. The summed E-state index contributed by atoms with van der Waals surface area (Å²) in [6, 6.07) is 0.465. The molecule has 1 atom stereocenters. The molecule has 17 heavy (non-hydrogen) atoms. The van der Waals surface area contributed by atoms with Gasteiger partial charge in [0.15, 0.2) is 0 Å². The largest absolute Gasteiger partial charge is 0.314 e. The van der Waals surface area contributed by atoms with Crippen LogP contribution in [-0.4, -0.2) is 32.5 Å². The first kappa shape index (κ1) is 16.9. The van der Waals surface area contributed by atoms with Crippen LogP contribution < -0.4 is 5.32 Å². The summed E-state index contributed by atoms with van der Waals surface area (Å²) in [4.78, 5) is 0.